The smallest absolute Gasteiger partial charge is 0.250 e. The lowest BCUT2D eigenvalue weighted by molar-refractivity contribution is 0.599. The average Bonchev–Trinajstić information content (AvgIpc) is 2.08. The minimum atomic E-state index is 0.118. The summed E-state index contributed by atoms with van der Waals surface area (Å²) in [7, 11) is 0. The highest BCUT2D eigenvalue weighted by Crippen LogP contribution is 2.17. The summed E-state index contributed by atoms with van der Waals surface area (Å²) in [4.78, 5) is 7.70. The average molecular weight is 122 g/mol. The second-order valence-corrected chi connectivity index (χ2v) is 3.11. The fraction of sp³-hybridized carbons (Fsp3) is 0.571. The summed E-state index contributed by atoms with van der Waals surface area (Å²) in [6.07, 6.45) is 1.75. The van der Waals surface area contributed by atoms with Crippen LogP contribution in [0.5, 0.6) is 0 Å². The summed E-state index contributed by atoms with van der Waals surface area (Å²) in [5, 5.41) is 0. The Balaban J connectivity index is 2.73. The second-order valence-electron chi connectivity index (χ2n) is 3.11. The second kappa shape index (κ2) is 1.94. The molecule has 0 bridgehead atoms. The molecule has 0 amide bonds. The zero-order chi connectivity index (χ0) is 6.91. The van der Waals surface area contributed by atoms with Crippen molar-refractivity contribution in [3.8, 4) is 0 Å². The molecule has 0 aliphatic carbocycles. The summed E-state index contributed by atoms with van der Waals surface area (Å²) < 4.78 is 0. The molecule has 2 nitrogen and oxygen atoms in total. The molecule has 0 atom stereocenters. The van der Waals surface area contributed by atoms with Crippen LogP contribution < -0.4 is 0 Å². The van der Waals surface area contributed by atoms with Gasteiger partial charge in [-0.05, 0) is 0 Å². The predicted molar refractivity (Wildman–Crippen MR) is 38.6 cm³/mol. The molecule has 1 heterocycles. The molecule has 1 aliphatic heterocycles. The lowest BCUT2D eigenvalue weighted by atomic mass is 9.91. The first kappa shape index (κ1) is 6.46. The maximum absolute atomic E-state index is 3.95. The van der Waals surface area contributed by atoms with Gasteiger partial charge in [0.2, 0.25) is 6.67 Å². The Morgan fingerprint density at radius 2 is 2.11 bits per heavy atom. The van der Waals surface area contributed by atoms with Gasteiger partial charge in [-0.3, -0.25) is 4.99 Å². The minimum absolute atomic E-state index is 0.118. The highest BCUT2D eigenvalue weighted by atomic mass is 15.0. The molecule has 0 N–H and O–H groups in total. The summed E-state index contributed by atoms with van der Waals surface area (Å²) in [5.41, 5.74) is 1.12. The van der Waals surface area contributed by atoms with E-state index >= 15 is 0 Å². The Morgan fingerprint density at radius 3 is 2.33 bits per heavy atom. The van der Waals surface area contributed by atoms with Crippen molar-refractivity contribution in [1.82, 2.24) is 0 Å². The predicted octanol–water partition coefficient (Wildman–Crippen LogP) is 1.55. The third-order valence-electron chi connectivity index (χ3n) is 1.18. The van der Waals surface area contributed by atoms with Crippen molar-refractivity contribution in [2.45, 2.75) is 20.8 Å². The van der Waals surface area contributed by atoms with E-state index in [0.717, 1.165) is 5.71 Å². The van der Waals surface area contributed by atoms with E-state index in [1.54, 1.807) is 6.21 Å². The van der Waals surface area contributed by atoms with Gasteiger partial charge in [-0.15, -0.1) is 0 Å². The van der Waals surface area contributed by atoms with Gasteiger partial charge in [0.25, 0.3) is 0 Å². The summed E-state index contributed by atoms with van der Waals surface area (Å²) in [5.74, 6) is 0. The van der Waals surface area contributed by atoms with Gasteiger partial charge in [0.1, 0.15) is 0 Å². The molecule has 0 saturated heterocycles. The van der Waals surface area contributed by atoms with Crippen molar-refractivity contribution in [3.63, 3.8) is 0 Å². The van der Waals surface area contributed by atoms with Crippen molar-refractivity contribution in [2.24, 2.45) is 15.4 Å². The van der Waals surface area contributed by atoms with E-state index < -0.39 is 0 Å². The molecular weight excluding hydrogens is 112 g/mol. The molecule has 0 saturated carbocycles. The standard InChI is InChI=1S/C7H10N2/c1-7(2,3)6-4-8-5-9-6/h4H,1-3H3. The van der Waals surface area contributed by atoms with Crippen LogP contribution in [0, 0.1) is 12.1 Å². The van der Waals surface area contributed by atoms with E-state index in [-0.39, 0.29) is 5.41 Å². The van der Waals surface area contributed by atoms with Gasteiger partial charge in [0, 0.05) is 11.6 Å². The fourth-order valence-corrected chi connectivity index (χ4v) is 0.563. The van der Waals surface area contributed by atoms with Crippen LogP contribution in [0.4, 0.5) is 0 Å². The Hall–Kier alpha value is -0.660. The van der Waals surface area contributed by atoms with E-state index in [9.17, 15) is 0 Å². The lowest BCUT2D eigenvalue weighted by Crippen LogP contribution is -2.19. The van der Waals surface area contributed by atoms with Gasteiger partial charge >= 0.3 is 0 Å². The number of rotatable bonds is 0. The normalized spacial score (nSPS) is 18.3. The topological polar surface area (TPSA) is 24.7 Å². The van der Waals surface area contributed by atoms with Crippen molar-refractivity contribution in [2.75, 3.05) is 0 Å². The Kier molecular flexibility index (Phi) is 1.39. The quantitative estimate of drug-likeness (QED) is 0.465. The first-order valence-corrected chi connectivity index (χ1v) is 2.97. The third-order valence-corrected chi connectivity index (χ3v) is 1.18. The van der Waals surface area contributed by atoms with Crippen molar-refractivity contribution in [3.05, 3.63) is 6.67 Å². The first-order chi connectivity index (χ1) is 4.11. The van der Waals surface area contributed by atoms with Crippen LogP contribution in [0.1, 0.15) is 20.8 Å². The summed E-state index contributed by atoms with van der Waals surface area (Å²) in [6, 6.07) is 0. The summed E-state index contributed by atoms with van der Waals surface area (Å²) >= 11 is 0. The lowest BCUT2D eigenvalue weighted by Gasteiger charge is -2.14. The number of aliphatic imine (C=N–C) groups is 2. The molecule has 0 aromatic heterocycles. The van der Waals surface area contributed by atoms with E-state index in [1.807, 2.05) is 0 Å². The van der Waals surface area contributed by atoms with Crippen LogP contribution in [0.25, 0.3) is 0 Å². The summed E-state index contributed by atoms with van der Waals surface area (Å²) in [6.45, 7) is 8.84. The number of nitrogens with zero attached hydrogens (tertiary/aromatic N) is 2. The van der Waals surface area contributed by atoms with Crippen LogP contribution in [0.3, 0.4) is 0 Å². The number of hydrogen-bond acceptors (Lipinski definition) is 2. The first-order valence-electron chi connectivity index (χ1n) is 2.97. The van der Waals surface area contributed by atoms with Gasteiger partial charge in [-0.2, -0.15) is 0 Å². The van der Waals surface area contributed by atoms with E-state index in [1.165, 1.54) is 0 Å². The zero-order valence-electron chi connectivity index (χ0n) is 5.97. The molecule has 48 valence electrons. The zero-order valence-corrected chi connectivity index (χ0v) is 5.97. The molecule has 0 unspecified atom stereocenters. The fourth-order valence-electron chi connectivity index (χ4n) is 0.563. The third kappa shape index (κ3) is 1.37. The molecule has 9 heavy (non-hydrogen) atoms. The van der Waals surface area contributed by atoms with E-state index in [2.05, 4.69) is 37.4 Å². The molecule has 2 radical (unpaired) electrons. The highest BCUT2D eigenvalue weighted by molar-refractivity contribution is 6.34. The largest absolute Gasteiger partial charge is 0.252 e. The Bertz CT molecular complexity index is 160. The van der Waals surface area contributed by atoms with Gasteiger partial charge < -0.3 is 0 Å². The van der Waals surface area contributed by atoms with Crippen molar-refractivity contribution < 1.29 is 0 Å². The maximum Gasteiger partial charge on any atom is 0.250 e. The molecule has 0 fully saturated rings. The van der Waals surface area contributed by atoms with E-state index in [0.29, 0.717) is 0 Å². The van der Waals surface area contributed by atoms with E-state index in [4.69, 9.17) is 0 Å². The van der Waals surface area contributed by atoms with Gasteiger partial charge in [-0.25, -0.2) is 4.99 Å². The van der Waals surface area contributed by atoms with Gasteiger partial charge in [-0.1, -0.05) is 20.8 Å². The van der Waals surface area contributed by atoms with Crippen LogP contribution >= 0.6 is 0 Å². The molecule has 0 aromatic rings. The molecule has 1 rings (SSSR count). The van der Waals surface area contributed by atoms with Crippen molar-refractivity contribution in [1.29, 1.82) is 0 Å². The van der Waals surface area contributed by atoms with Crippen LogP contribution in [-0.2, 0) is 0 Å². The maximum atomic E-state index is 3.95. The molecule has 2 heteroatoms. The SMILES string of the molecule is CC(C)(C)C1=N[C]N=C1. The molecule has 0 aromatic carbocycles. The van der Waals surface area contributed by atoms with Gasteiger partial charge in [0.15, 0.2) is 0 Å². The van der Waals surface area contributed by atoms with Gasteiger partial charge in [0.05, 0.1) is 5.71 Å². The van der Waals surface area contributed by atoms with Crippen LogP contribution in [0.2, 0.25) is 0 Å². The highest BCUT2D eigenvalue weighted by Gasteiger charge is 2.18. The van der Waals surface area contributed by atoms with Crippen LogP contribution in [-0.4, -0.2) is 11.9 Å². The minimum Gasteiger partial charge on any atom is -0.252 e. The van der Waals surface area contributed by atoms with Crippen LogP contribution in [0.15, 0.2) is 9.98 Å². The Morgan fingerprint density at radius 1 is 1.44 bits per heavy atom. The molecular formula is C7H10N2. The molecule has 1 aliphatic rings. The monoisotopic (exact) mass is 122 g/mol. The number of hydrogen-bond donors (Lipinski definition) is 0. The molecule has 0 spiro atoms. The Labute approximate surface area is 55.7 Å². The van der Waals surface area contributed by atoms with Crippen molar-refractivity contribution >= 4 is 11.9 Å².